The molecule has 0 aliphatic rings. The number of halogens is 1. The van der Waals surface area contributed by atoms with Gasteiger partial charge in [0.15, 0.2) is 12.5 Å². The van der Waals surface area contributed by atoms with E-state index in [1.807, 2.05) is 56.1 Å². The Bertz CT molecular complexity index is 593. The van der Waals surface area contributed by atoms with Crippen LogP contribution < -0.4 is 5.46 Å². The molecule has 0 amide bonds. The smallest absolute Gasteiger partial charge is 0.173 e. The minimum atomic E-state index is -0.176. The Morgan fingerprint density at radius 1 is 1.10 bits per heavy atom. The average molecular weight is 268 g/mol. The molecule has 102 valence electrons. The maximum atomic E-state index is 13.9. The third kappa shape index (κ3) is 3.56. The first-order valence-electron chi connectivity index (χ1n) is 6.94. The molecule has 1 nitrogen and oxygen atoms in total. The van der Waals surface area contributed by atoms with Crippen molar-refractivity contribution in [3.05, 3.63) is 65.5 Å². The molecule has 0 bridgehead atoms. The maximum absolute atomic E-state index is 13.9. The second kappa shape index (κ2) is 6.51. The number of carbonyl (C=O) groups is 1. The zero-order valence-corrected chi connectivity index (χ0v) is 11.9. The minimum absolute atomic E-state index is 0.0962. The van der Waals surface area contributed by atoms with Crippen molar-refractivity contribution in [3.8, 4) is 0 Å². The molecule has 0 unspecified atom stereocenters. The van der Waals surface area contributed by atoms with Crippen LogP contribution in [-0.2, 0) is 6.42 Å². The number of aryl methyl sites for hydroxylation is 1. The van der Waals surface area contributed by atoms with Crippen LogP contribution in [0.2, 0.25) is 13.6 Å². The first-order valence-corrected chi connectivity index (χ1v) is 6.94. The molecule has 3 heteroatoms. The highest BCUT2D eigenvalue weighted by molar-refractivity contribution is 6.70. The predicted molar refractivity (Wildman–Crippen MR) is 82.6 cm³/mol. The van der Waals surface area contributed by atoms with Crippen molar-refractivity contribution < 1.29 is 9.18 Å². The molecule has 0 radical (unpaired) electrons. The van der Waals surface area contributed by atoms with Crippen LogP contribution in [0.4, 0.5) is 4.39 Å². The van der Waals surface area contributed by atoms with Crippen molar-refractivity contribution in [1.29, 1.82) is 0 Å². The lowest BCUT2D eigenvalue weighted by Crippen LogP contribution is -2.26. The number of rotatable bonds is 5. The number of ketones is 1. The summed E-state index contributed by atoms with van der Waals surface area (Å²) < 4.78 is 13.9. The summed E-state index contributed by atoms with van der Waals surface area (Å²) in [6, 6.07) is 14.5. The lowest BCUT2D eigenvalue weighted by atomic mass is 9.49. The van der Waals surface area contributed by atoms with Gasteiger partial charge in [-0.25, -0.2) is 4.39 Å². The van der Waals surface area contributed by atoms with Gasteiger partial charge in [0.05, 0.1) is 0 Å². The van der Waals surface area contributed by atoms with Crippen molar-refractivity contribution >= 4 is 18.0 Å². The summed E-state index contributed by atoms with van der Waals surface area (Å²) in [5.74, 6) is -0.0800. The van der Waals surface area contributed by atoms with Gasteiger partial charge in [-0.15, -0.1) is 0 Å². The number of carbonyl (C=O) groups excluding carboxylic acids is 1. The molecular formula is C17H18BFO. The molecule has 0 aliphatic heterocycles. The monoisotopic (exact) mass is 268 g/mol. The molecule has 2 aromatic rings. The normalized spacial score (nSPS) is 10.3. The van der Waals surface area contributed by atoms with Gasteiger partial charge in [0.1, 0.15) is 5.82 Å². The van der Waals surface area contributed by atoms with E-state index in [4.69, 9.17) is 0 Å². The molecule has 0 fully saturated rings. The van der Waals surface area contributed by atoms with Crippen LogP contribution in [0.25, 0.3) is 0 Å². The van der Waals surface area contributed by atoms with Crippen molar-refractivity contribution in [2.24, 2.45) is 0 Å². The molecule has 0 aliphatic carbocycles. The molecule has 0 atom stereocenters. The summed E-state index contributed by atoms with van der Waals surface area (Å²) in [7, 11) is 0. The summed E-state index contributed by atoms with van der Waals surface area (Å²) in [6.45, 7) is 4.11. The van der Waals surface area contributed by atoms with Gasteiger partial charge in [0.25, 0.3) is 0 Å². The lowest BCUT2D eigenvalue weighted by molar-refractivity contribution is 0.0983. The van der Waals surface area contributed by atoms with E-state index in [9.17, 15) is 9.18 Å². The van der Waals surface area contributed by atoms with E-state index < -0.39 is 0 Å². The summed E-state index contributed by atoms with van der Waals surface area (Å²) in [6.07, 6.45) is 0.980. The molecule has 0 saturated carbocycles. The highest BCUT2D eigenvalue weighted by Crippen LogP contribution is 2.10. The van der Waals surface area contributed by atoms with Crippen LogP contribution in [0.3, 0.4) is 0 Å². The molecular weight excluding hydrogens is 250 g/mol. The van der Waals surface area contributed by atoms with Crippen molar-refractivity contribution in [2.75, 3.05) is 0 Å². The van der Waals surface area contributed by atoms with Gasteiger partial charge in [-0.3, -0.25) is 4.79 Å². The van der Waals surface area contributed by atoms with Crippen molar-refractivity contribution in [3.63, 3.8) is 0 Å². The zero-order chi connectivity index (χ0) is 14.5. The van der Waals surface area contributed by atoms with Gasteiger partial charge in [0, 0.05) is 12.0 Å². The van der Waals surface area contributed by atoms with Gasteiger partial charge in [-0.2, -0.15) is 0 Å². The van der Waals surface area contributed by atoms with Crippen LogP contribution in [0, 0.1) is 5.82 Å². The first kappa shape index (κ1) is 14.5. The molecule has 2 rings (SSSR count). The standard InChI is InChI=1S/C17H18BFO/c1-18(2)15-10-8-13(12-16(15)19)9-11-17(20)14-6-4-3-5-7-14/h3-8,10,12H,9,11H2,1-2H3. The van der Waals surface area contributed by atoms with Gasteiger partial charge >= 0.3 is 0 Å². The Labute approximate surface area is 119 Å². The highest BCUT2D eigenvalue weighted by atomic mass is 19.1. The number of benzene rings is 2. The van der Waals surface area contributed by atoms with E-state index in [1.54, 1.807) is 6.07 Å². The number of hydrogen-bond donors (Lipinski definition) is 0. The van der Waals surface area contributed by atoms with Gasteiger partial charge in [0.2, 0.25) is 0 Å². The van der Waals surface area contributed by atoms with E-state index in [-0.39, 0.29) is 18.3 Å². The fraction of sp³-hybridized carbons (Fsp3) is 0.235. The Morgan fingerprint density at radius 3 is 2.40 bits per heavy atom. The van der Waals surface area contributed by atoms with E-state index >= 15 is 0 Å². The summed E-state index contributed by atoms with van der Waals surface area (Å²) in [5.41, 5.74) is 2.31. The van der Waals surface area contributed by atoms with Crippen LogP contribution >= 0.6 is 0 Å². The third-order valence-electron chi connectivity index (χ3n) is 3.42. The van der Waals surface area contributed by atoms with Gasteiger partial charge in [-0.05, 0) is 23.5 Å². The van der Waals surface area contributed by atoms with Crippen molar-refractivity contribution in [1.82, 2.24) is 0 Å². The maximum Gasteiger partial charge on any atom is 0.173 e. The second-order valence-corrected chi connectivity index (χ2v) is 5.30. The summed E-state index contributed by atoms with van der Waals surface area (Å²) in [4.78, 5) is 12.0. The van der Waals surface area contributed by atoms with Crippen molar-refractivity contribution in [2.45, 2.75) is 26.5 Å². The number of Topliss-reactive ketones (excluding diaryl/α,β-unsaturated/α-hetero) is 1. The Hall–Kier alpha value is -1.90. The second-order valence-electron chi connectivity index (χ2n) is 5.30. The molecule has 0 N–H and O–H groups in total. The van der Waals surface area contributed by atoms with Crippen LogP contribution in [0.15, 0.2) is 48.5 Å². The molecule has 0 heterocycles. The quantitative estimate of drug-likeness (QED) is 0.598. The molecule has 0 spiro atoms. The van der Waals surface area contributed by atoms with Crippen LogP contribution in [0.1, 0.15) is 22.3 Å². The predicted octanol–water partition coefficient (Wildman–Crippen LogP) is 3.60. The largest absolute Gasteiger partial charge is 0.294 e. The van der Waals surface area contributed by atoms with E-state index in [0.29, 0.717) is 18.4 Å². The fourth-order valence-electron chi connectivity index (χ4n) is 2.22. The van der Waals surface area contributed by atoms with Crippen LogP contribution in [0.5, 0.6) is 0 Å². The average Bonchev–Trinajstić information content (AvgIpc) is 2.45. The Kier molecular flexibility index (Phi) is 4.72. The Morgan fingerprint density at radius 2 is 1.80 bits per heavy atom. The highest BCUT2D eigenvalue weighted by Gasteiger charge is 2.11. The molecule has 2 aromatic carbocycles. The topological polar surface area (TPSA) is 17.1 Å². The lowest BCUT2D eigenvalue weighted by Gasteiger charge is -2.07. The molecule has 0 saturated heterocycles. The van der Waals surface area contributed by atoms with Crippen LogP contribution in [-0.4, -0.2) is 12.5 Å². The molecule has 0 aromatic heterocycles. The fourth-order valence-corrected chi connectivity index (χ4v) is 2.22. The van der Waals surface area contributed by atoms with Gasteiger partial charge in [-0.1, -0.05) is 56.1 Å². The minimum Gasteiger partial charge on any atom is -0.294 e. The summed E-state index contributed by atoms with van der Waals surface area (Å²) >= 11 is 0. The van der Waals surface area contributed by atoms with E-state index in [0.717, 1.165) is 11.0 Å². The first-order chi connectivity index (χ1) is 9.58. The molecule has 20 heavy (non-hydrogen) atoms. The third-order valence-corrected chi connectivity index (χ3v) is 3.42. The van der Waals surface area contributed by atoms with E-state index in [1.165, 1.54) is 0 Å². The van der Waals surface area contributed by atoms with Gasteiger partial charge < -0.3 is 0 Å². The summed E-state index contributed by atoms with van der Waals surface area (Å²) in [5, 5.41) is 0. The SMILES string of the molecule is CB(C)c1ccc(CCC(=O)c2ccccc2)cc1F. The zero-order valence-electron chi connectivity index (χ0n) is 11.9. The Balaban J connectivity index is 2.01. The van der Waals surface area contributed by atoms with E-state index in [2.05, 4.69) is 0 Å². The number of hydrogen-bond acceptors (Lipinski definition) is 1.